The van der Waals surface area contributed by atoms with E-state index in [1.165, 1.54) is 18.5 Å². The average molecular weight is 327 g/mol. The molecule has 6 heteroatoms. The Morgan fingerprint density at radius 3 is 2.58 bits per heavy atom. The number of aryl methyl sites for hydroxylation is 1. The molecule has 1 aromatic heterocycles. The molecular weight excluding hydrogens is 302 g/mol. The average Bonchev–Trinajstić information content (AvgIpc) is 3.10. The summed E-state index contributed by atoms with van der Waals surface area (Å²) in [5.74, 6) is 1.40. The fourth-order valence-electron chi connectivity index (χ4n) is 2.86. The summed E-state index contributed by atoms with van der Waals surface area (Å²) >= 11 is 0. The number of aromatic nitrogens is 2. The van der Waals surface area contributed by atoms with Crippen molar-refractivity contribution in [1.29, 1.82) is 0 Å². The van der Waals surface area contributed by atoms with Gasteiger partial charge in [0.2, 0.25) is 5.95 Å². The standard InChI is InChI=1S/C18H25N5O/c1-14-13-17(22-18(20-14)19-9-12-24-2)21-15-5-7-16(8-6-15)23-10-3-4-11-23/h5-8,13H,3-4,9-12H2,1-2H3,(H2,19,20,21,22). The zero-order chi connectivity index (χ0) is 16.8. The van der Waals surface area contributed by atoms with Crippen LogP contribution in [0.3, 0.4) is 0 Å². The van der Waals surface area contributed by atoms with E-state index in [2.05, 4.69) is 49.8 Å². The van der Waals surface area contributed by atoms with E-state index in [-0.39, 0.29) is 0 Å². The summed E-state index contributed by atoms with van der Waals surface area (Å²) in [6.45, 7) is 5.59. The highest BCUT2D eigenvalue weighted by Crippen LogP contribution is 2.23. The van der Waals surface area contributed by atoms with Gasteiger partial charge in [-0.3, -0.25) is 0 Å². The zero-order valence-electron chi connectivity index (χ0n) is 14.4. The van der Waals surface area contributed by atoms with Gasteiger partial charge in [0.1, 0.15) is 5.82 Å². The minimum atomic E-state index is 0.614. The smallest absolute Gasteiger partial charge is 0.224 e. The highest BCUT2D eigenvalue weighted by atomic mass is 16.5. The second-order valence-corrected chi connectivity index (χ2v) is 6.00. The zero-order valence-corrected chi connectivity index (χ0v) is 14.4. The first-order chi connectivity index (χ1) is 11.7. The van der Waals surface area contributed by atoms with Gasteiger partial charge in [0.05, 0.1) is 6.61 Å². The number of anilines is 4. The quantitative estimate of drug-likeness (QED) is 0.762. The van der Waals surface area contributed by atoms with Crippen molar-refractivity contribution in [2.45, 2.75) is 19.8 Å². The van der Waals surface area contributed by atoms with Gasteiger partial charge in [-0.2, -0.15) is 4.98 Å². The van der Waals surface area contributed by atoms with Gasteiger partial charge < -0.3 is 20.3 Å². The number of ether oxygens (including phenoxy) is 1. The van der Waals surface area contributed by atoms with E-state index in [0.29, 0.717) is 19.1 Å². The lowest BCUT2D eigenvalue weighted by Crippen LogP contribution is -2.17. The fraction of sp³-hybridized carbons (Fsp3) is 0.444. The normalized spacial score (nSPS) is 14.0. The monoisotopic (exact) mass is 327 g/mol. The van der Waals surface area contributed by atoms with Crippen LogP contribution in [-0.2, 0) is 4.74 Å². The number of nitrogens with zero attached hydrogens (tertiary/aromatic N) is 3. The third-order valence-corrected chi connectivity index (χ3v) is 4.05. The second-order valence-electron chi connectivity index (χ2n) is 6.00. The molecule has 128 valence electrons. The van der Waals surface area contributed by atoms with E-state index in [1.54, 1.807) is 7.11 Å². The van der Waals surface area contributed by atoms with Crippen molar-refractivity contribution in [3.05, 3.63) is 36.0 Å². The van der Waals surface area contributed by atoms with E-state index in [9.17, 15) is 0 Å². The first kappa shape index (κ1) is 16.5. The molecule has 2 heterocycles. The third kappa shape index (κ3) is 4.35. The molecule has 6 nitrogen and oxygen atoms in total. The van der Waals surface area contributed by atoms with Crippen LogP contribution < -0.4 is 15.5 Å². The van der Waals surface area contributed by atoms with Crippen molar-refractivity contribution >= 4 is 23.1 Å². The fourth-order valence-corrected chi connectivity index (χ4v) is 2.86. The minimum absolute atomic E-state index is 0.614. The van der Waals surface area contributed by atoms with Crippen LogP contribution in [0.4, 0.5) is 23.1 Å². The summed E-state index contributed by atoms with van der Waals surface area (Å²) in [4.78, 5) is 11.3. The molecule has 1 aromatic carbocycles. The summed E-state index contributed by atoms with van der Waals surface area (Å²) in [6, 6.07) is 10.5. The Balaban J connectivity index is 1.66. The van der Waals surface area contributed by atoms with Crippen LogP contribution in [0, 0.1) is 6.92 Å². The first-order valence-corrected chi connectivity index (χ1v) is 8.45. The molecule has 0 spiro atoms. The molecule has 2 N–H and O–H groups in total. The number of nitrogens with one attached hydrogen (secondary N) is 2. The molecule has 0 unspecified atom stereocenters. The van der Waals surface area contributed by atoms with E-state index in [4.69, 9.17) is 4.74 Å². The lowest BCUT2D eigenvalue weighted by atomic mass is 10.2. The predicted molar refractivity (Wildman–Crippen MR) is 98.3 cm³/mol. The minimum Gasteiger partial charge on any atom is -0.383 e. The Morgan fingerprint density at radius 2 is 1.88 bits per heavy atom. The van der Waals surface area contributed by atoms with Crippen LogP contribution in [0.15, 0.2) is 30.3 Å². The summed E-state index contributed by atoms with van der Waals surface area (Å²) in [5, 5.41) is 6.52. The predicted octanol–water partition coefficient (Wildman–Crippen LogP) is 3.19. The molecule has 0 saturated carbocycles. The van der Waals surface area contributed by atoms with Crippen LogP contribution in [0.2, 0.25) is 0 Å². The van der Waals surface area contributed by atoms with Crippen LogP contribution in [0.25, 0.3) is 0 Å². The summed E-state index contributed by atoms with van der Waals surface area (Å²) in [7, 11) is 1.68. The molecule has 1 aliphatic rings. The molecule has 0 bridgehead atoms. The van der Waals surface area contributed by atoms with Gasteiger partial charge in [-0.15, -0.1) is 0 Å². The highest BCUT2D eigenvalue weighted by Gasteiger charge is 2.11. The number of hydrogen-bond acceptors (Lipinski definition) is 6. The molecule has 0 aliphatic carbocycles. The van der Waals surface area contributed by atoms with E-state index < -0.39 is 0 Å². The maximum atomic E-state index is 5.04. The third-order valence-electron chi connectivity index (χ3n) is 4.05. The van der Waals surface area contributed by atoms with E-state index in [0.717, 1.165) is 30.3 Å². The first-order valence-electron chi connectivity index (χ1n) is 8.45. The van der Waals surface area contributed by atoms with Gasteiger partial charge in [0, 0.05) is 49.9 Å². The SMILES string of the molecule is COCCNc1nc(C)cc(Nc2ccc(N3CCCC3)cc2)n1. The van der Waals surface area contributed by atoms with Crippen LogP contribution in [0.1, 0.15) is 18.5 Å². The van der Waals surface area contributed by atoms with Gasteiger partial charge in [-0.25, -0.2) is 4.98 Å². The molecule has 2 aromatic rings. The number of methoxy groups -OCH3 is 1. The molecule has 1 fully saturated rings. The van der Waals surface area contributed by atoms with Crippen LogP contribution in [-0.4, -0.2) is 43.3 Å². The van der Waals surface area contributed by atoms with E-state index in [1.807, 2.05) is 13.0 Å². The van der Waals surface area contributed by atoms with Crippen LogP contribution >= 0.6 is 0 Å². The van der Waals surface area contributed by atoms with Crippen molar-refractivity contribution < 1.29 is 4.74 Å². The lowest BCUT2D eigenvalue weighted by Gasteiger charge is -2.18. The summed E-state index contributed by atoms with van der Waals surface area (Å²) < 4.78 is 5.04. The van der Waals surface area contributed by atoms with E-state index >= 15 is 0 Å². The van der Waals surface area contributed by atoms with Crippen molar-refractivity contribution in [3.8, 4) is 0 Å². The van der Waals surface area contributed by atoms with Crippen LogP contribution in [0.5, 0.6) is 0 Å². The van der Waals surface area contributed by atoms with Crippen molar-refractivity contribution in [1.82, 2.24) is 9.97 Å². The largest absolute Gasteiger partial charge is 0.383 e. The Labute approximate surface area is 143 Å². The molecule has 1 saturated heterocycles. The highest BCUT2D eigenvalue weighted by molar-refractivity contribution is 5.61. The molecule has 1 aliphatic heterocycles. The Morgan fingerprint density at radius 1 is 1.12 bits per heavy atom. The number of hydrogen-bond donors (Lipinski definition) is 2. The van der Waals surface area contributed by atoms with Gasteiger partial charge in [-0.05, 0) is 44.0 Å². The lowest BCUT2D eigenvalue weighted by molar-refractivity contribution is 0.210. The van der Waals surface area contributed by atoms with Gasteiger partial charge in [-0.1, -0.05) is 0 Å². The Hall–Kier alpha value is -2.34. The van der Waals surface area contributed by atoms with Gasteiger partial charge >= 0.3 is 0 Å². The molecule has 0 radical (unpaired) electrons. The Kier molecular flexibility index (Phi) is 5.48. The molecule has 0 amide bonds. The Bertz CT molecular complexity index is 653. The number of rotatable bonds is 7. The van der Waals surface area contributed by atoms with Crippen molar-refractivity contribution in [2.24, 2.45) is 0 Å². The molecular formula is C18H25N5O. The van der Waals surface area contributed by atoms with Crippen molar-refractivity contribution in [3.63, 3.8) is 0 Å². The molecule has 3 rings (SSSR count). The van der Waals surface area contributed by atoms with Gasteiger partial charge in [0.25, 0.3) is 0 Å². The van der Waals surface area contributed by atoms with Crippen molar-refractivity contribution in [2.75, 3.05) is 48.9 Å². The summed E-state index contributed by atoms with van der Waals surface area (Å²) in [6.07, 6.45) is 2.58. The second kappa shape index (κ2) is 7.97. The molecule has 0 atom stereocenters. The molecule has 24 heavy (non-hydrogen) atoms. The topological polar surface area (TPSA) is 62.3 Å². The van der Waals surface area contributed by atoms with Gasteiger partial charge in [0.15, 0.2) is 0 Å². The maximum absolute atomic E-state index is 5.04. The maximum Gasteiger partial charge on any atom is 0.224 e. The number of benzene rings is 1. The summed E-state index contributed by atoms with van der Waals surface area (Å²) in [5.41, 5.74) is 3.24.